The van der Waals surface area contributed by atoms with Crippen LogP contribution in [-0.2, 0) is 4.79 Å². The maximum absolute atomic E-state index is 12.6. The molecule has 0 saturated heterocycles. The lowest BCUT2D eigenvalue weighted by atomic mass is 10.1. The van der Waals surface area contributed by atoms with Crippen LogP contribution < -0.4 is 4.90 Å². The fraction of sp³-hybridized carbons (Fsp3) is 0.118. The summed E-state index contributed by atoms with van der Waals surface area (Å²) >= 11 is 0. The molecule has 0 atom stereocenters. The van der Waals surface area contributed by atoms with Crippen LogP contribution in [-0.4, -0.2) is 12.3 Å². The van der Waals surface area contributed by atoms with E-state index in [0.29, 0.717) is 11.4 Å². The van der Waals surface area contributed by atoms with Gasteiger partial charge in [0.2, 0.25) is 12.3 Å². The van der Waals surface area contributed by atoms with Crippen LogP contribution >= 0.6 is 0 Å². The minimum Gasteiger partial charge on any atom is -0.280 e. The summed E-state index contributed by atoms with van der Waals surface area (Å²) < 4.78 is 25.3. The van der Waals surface area contributed by atoms with Crippen LogP contribution in [0.2, 0.25) is 0 Å². The first-order valence-electron chi connectivity index (χ1n) is 6.64. The molecule has 2 nitrogen and oxygen atoms in total. The molecule has 1 heterocycles. The monoisotopic (exact) mass is 285 g/mol. The van der Waals surface area contributed by atoms with Crippen molar-refractivity contribution < 1.29 is 13.6 Å². The van der Waals surface area contributed by atoms with E-state index in [-0.39, 0.29) is 0 Å². The van der Waals surface area contributed by atoms with Gasteiger partial charge in [-0.1, -0.05) is 48.6 Å². The number of fused-ring (bicyclic) bond motifs is 2. The van der Waals surface area contributed by atoms with Crippen molar-refractivity contribution in [3.05, 3.63) is 59.7 Å². The minimum absolute atomic E-state index is 0.603. The molecule has 0 saturated carbocycles. The van der Waals surface area contributed by atoms with Gasteiger partial charge in [0.1, 0.15) is 0 Å². The van der Waals surface area contributed by atoms with Gasteiger partial charge in [-0.05, 0) is 23.3 Å². The summed E-state index contributed by atoms with van der Waals surface area (Å²) in [5, 5.41) is 0. The largest absolute Gasteiger partial charge is 0.280 e. The number of nitrogens with zero attached hydrogens (tertiary/aromatic N) is 1. The van der Waals surface area contributed by atoms with Gasteiger partial charge >= 0.3 is 0 Å². The van der Waals surface area contributed by atoms with Crippen LogP contribution in [0.5, 0.6) is 0 Å². The lowest BCUT2D eigenvalue weighted by molar-refractivity contribution is -0.120. The Labute approximate surface area is 121 Å². The number of amides is 1. The van der Waals surface area contributed by atoms with E-state index in [1.807, 2.05) is 36.4 Å². The molecular weight excluding hydrogens is 272 g/mol. The summed E-state index contributed by atoms with van der Waals surface area (Å²) in [6.45, 7) is 0. The second-order valence-electron chi connectivity index (χ2n) is 4.78. The number of rotatable bonds is 2. The Kier molecular flexibility index (Phi) is 3.52. The molecule has 3 rings (SSSR count). The van der Waals surface area contributed by atoms with Gasteiger partial charge < -0.3 is 0 Å². The van der Waals surface area contributed by atoms with E-state index < -0.39 is 18.8 Å². The van der Waals surface area contributed by atoms with E-state index in [1.165, 1.54) is 4.90 Å². The third-order valence-electron chi connectivity index (χ3n) is 3.38. The average molecular weight is 285 g/mol. The summed E-state index contributed by atoms with van der Waals surface area (Å²) in [4.78, 5) is 13.7. The normalized spacial score (nSPS) is 12.8. The van der Waals surface area contributed by atoms with E-state index in [1.54, 1.807) is 24.3 Å². The highest BCUT2D eigenvalue weighted by Crippen LogP contribution is 2.36. The maximum atomic E-state index is 12.6. The Morgan fingerprint density at radius 2 is 1.38 bits per heavy atom. The van der Waals surface area contributed by atoms with E-state index in [4.69, 9.17) is 0 Å². The first-order chi connectivity index (χ1) is 10.2. The fourth-order valence-corrected chi connectivity index (χ4v) is 2.47. The van der Waals surface area contributed by atoms with Crippen molar-refractivity contribution in [1.29, 1.82) is 0 Å². The predicted octanol–water partition coefficient (Wildman–Crippen LogP) is 4.49. The number of halogens is 2. The zero-order valence-corrected chi connectivity index (χ0v) is 11.2. The van der Waals surface area contributed by atoms with Crippen LogP contribution in [0.1, 0.15) is 17.5 Å². The van der Waals surface area contributed by atoms with Crippen LogP contribution in [0.3, 0.4) is 0 Å². The van der Waals surface area contributed by atoms with Gasteiger partial charge in [0.05, 0.1) is 17.8 Å². The lowest BCUT2D eigenvalue weighted by Gasteiger charge is -2.24. The summed E-state index contributed by atoms with van der Waals surface area (Å²) in [5.74, 6) is -0.603. The molecule has 0 aliphatic carbocycles. The van der Waals surface area contributed by atoms with Crippen LogP contribution in [0.25, 0.3) is 12.2 Å². The van der Waals surface area contributed by atoms with Crippen molar-refractivity contribution in [3.8, 4) is 0 Å². The number of alkyl halides is 2. The first-order valence-corrected chi connectivity index (χ1v) is 6.64. The number of benzene rings is 2. The van der Waals surface area contributed by atoms with Gasteiger partial charge in [-0.15, -0.1) is 0 Å². The number of hydrogen-bond acceptors (Lipinski definition) is 1. The van der Waals surface area contributed by atoms with Crippen molar-refractivity contribution in [3.63, 3.8) is 0 Å². The summed E-state index contributed by atoms with van der Waals surface area (Å²) in [6, 6.07) is 14.6. The molecule has 1 amide bonds. The van der Waals surface area contributed by atoms with Crippen molar-refractivity contribution >= 4 is 29.4 Å². The first kappa shape index (κ1) is 13.5. The van der Waals surface area contributed by atoms with Gasteiger partial charge in [0.15, 0.2) is 0 Å². The number of para-hydroxylation sites is 2. The molecule has 0 spiro atoms. The Morgan fingerprint density at radius 1 is 0.905 bits per heavy atom. The van der Waals surface area contributed by atoms with Gasteiger partial charge in [-0.25, -0.2) is 8.78 Å². The van der Waals surface area contributed by atoms with Crippen molar-refractivity contribution in [2.45, 2.75) is 12.8 Å². The van der Waals surface area contributed by atoms with Crippen molar-refractivity contribution in [1.82, 2.24) is 0 Å². The van der Waals surface area contributed by atoms with Gasteiger partial charge in [-0.2, -0.15) is 0 Å². The molecule has 2 aromatic carbocycles. The van der Waals surface area contributed by atoms with E-state index >= 15 is 0 Å². The Bertz CT molecular complexity index is 660. The number of anilines is 2. The molecule has 106 valence electrons. The topological polar surface area (TPSA) is 20.3 Å². The molecule has 2 aromatic rings. The number of hydrogen-bond donors (Lipinski definition) is 0. The molecule has 0 fully saturated rings. The third kappa shape index (κ3) is 2.57. The Morgan fingerprint density at radius 3 is 1.86 bits per heavy atom. The molecule has 0 radical (unpaired) electrons. The predicted molar refractivity (Wildman–Crippen MR) is 79.6 cm³/mol. The Hall–Kier alpha value is -2.49. The molecule has 21 heavy (non-hydrogen) atoms. The SMILES string of the molecule is O=C(CC(F)F)N1c2ccccc2C=Cc2ccccc21. The molecule has 0 N–H and O–H groups in total. The highest BCUT2D eigenvalue weighted by molar-refractivity contribution is 6.06. The highest BCUT2D eigenvalue weighted by atomic mass is 19.3. The lowest BCUT2D eigenvalue weighted by Crippen LogP contribution is -2.28. The molecule has 0 bridgehead atoms. The van der Waals surface area contributed by atoms with Crippen LogP contribution in [0.4, 0.5) is 20.2 Å². The summed E-state index contributed by atoms with van der Waals surface area (Å²) in [5.41, 5.74) is 2.92. The van der Waals surface area contributed by atoms with Crippen molar-refractivity contribution in [2.24, 2.45) is 0 Å². The van der Waals surface area contributed by atoms with Gasteiger partial charge in [-0.3, -0.25) is 9.69 Å². The average Bonchev–Trinajstić information content (AvgIpc) is 2.63. The number of carbonyl (C=O) groups is 1. The number of carbonyl (C=O) groups excluding carboxylic acids is 1. The zero-order chi connectivity index (χ0) is 14.8. The summed E-state index contributed by atoms with van der Waals surface area (Å²) in [7, 11) is 0. The van der Waals surface area contributed by atoms with E-state index in [9.17, 15) is 13.6 Å². The maximum Gasteiger partial charge on any atom is 0.247 e. The second kappa shape index (κ2) is 5.48. The van der Waals surface area contributed by atoms with Crippen molar-refractivity contribution in [2.75, 3.05) is 4.90 Å². The van der Waals surface area contributed by atoms with E-state index in [0.717, 1.165) is 11.1 Å². The molecule has 1 aliphatic heterocycles. The fourth-order valence-electron chi connectivity index (χ4n) is 2.47. The standard InChI is InChI=1S/C17H13F2NO/c18-16(19)11-17(21)20-14-7-3-1-5-12(14)9-10-13-6-2-4-8-15(13)20/h1-10,16H,11H2. The highest BCUT2D eigenvalue weighted by Gasteiger charge is 2.25. The van der Waals surface area contributed by atoms with Gasteiger partial charge in [0, 0.05) is 0 Å². The van der Waals surface area contributed by atoms with Gasteiger partial charge in [0.25, 0.3) is 0 Å². The summed E-state index contributed by atoms with van der Waals surface area (Å²) in [6.07, 6.45) is 0.337. The van der Waals surface area contributed by atoms with Crippen LogP contribution in [0, 0.1) is 0 Å². The minimum atomic E-state index is -2.66. The third-order valence-corrected chi connectivity index (χ3v) is 3.38. The molecule has 0 unspecified atom stereocenters. The zero-order valence-electron chi connectivity index (χ0n) is 11.2. The molecule has 4 heteroatoms. The molecular formula is C17H13F2NO. The van der Waals surface area contributed by atoms with E-state index in [2.05, 4.69) is 0 Å². The Balaban J connectivity index is 2.17. The molecule has 1 aliphatic rings. The smallest absolute Gasteiger partial charge is 0.247 e. The van der Waals surface area contributed by atoms with Crippen LogP contribution in [0.15, 0.2) is 48.5 Å². The second-order valence-corrected chi connectivity index (χ2v) is 4.78. The molecule has 0 aromatic heterocycles. The quantitative estimate of drug-likeness (QED) is 0.796.